The summed E-state index contributed by atoms with van der Waals surface area (Å²) in [5, 5.41) is 1.97. The van der Waals surface area contributed by atoms with Gasteiger partial charge in [-0.05, 0) is 116 Å². The number of halogens is 2. The van der Waals surface area contributed by atoms with E-state index < -0.39 is 5.54 Å². The Bertz CT molecular complexity index is 1540. The molecule has 3 heterocycles. The SMILES string of the molecule is CCC1(c2ccccc2C)CCN(CCCN2C(=O)C(c3ccc(F)cc3)(c3ccc(F)cc3)N=C2c2cccs2)CC1. The predicted molar refractivity (Wildman–Crippen MR) is 170 cm³/mol. The van der Waals surface area contributed by atoms with Crippen LogP contribution in [0.25, 0.3) is 0 Å². The summed E-state index contributed by atoms with van der Waals surface area (Å²) in [5.41, 5.74) is 2.77. The zero-order chi connectivity index (χ0) is 30.0. The van der Waals surface area contributed by atoms with E-state index in [0.717, 1.165) is 50.2 Å². The van der Waals surface area contributed by atoms with E-state index in [-0.39, 0.29) is 23.0 Å². The molecule has 2 aliphatic heterocycles. The number of hydrogen-bond donors (Lipinski definition) is 0. The molecule has 1 fully saturated rings. The van der Waals surface area contributed by atoms with Crippen LogP contribution in [0.4, 0.5) is 8.78 Å². The molecular weight excluding hydrogens is 560 g/mol. The van der Waals surface area contributed by atoms with E-state index in [1.54, 1.807) is 29.2 Å². The van der Waals surface area contributed by atoms with Crippen LogP contribution < -0.4 is 0 Å². The Morgan fingerprint density at radius 2 is 1.47 bits per heavy atom. The van der Waals surface area contributed by atoms with E-state index in [1.807, 2.05) is 17.5 Å². The summed E-state index contributed by atoms with van der Waals surface area (Å²) in [7, 11) is 0. The highest BCUT2D eigenvalue weighted by molar-refractivity contribution is 7.12. The maximum atomic E-state index is 14.5. The Kier molecular flexibility index (Phi) is 8.29. The van der Waals surface area contributed by atoms with Gasteiger partial charge in [0.05, 0.1) is 4.88 Å². The minimum Gasteiger partial charge on any atom is -0.303 e. The molecular formula is C36H37F2N3OS. The van der Waals surface area contributed by atoms with Gasteiger partial charge in [0, 0.05) is 6.54 Å². The van der Waals surface area contributed by atoms with Gasteiger partial charge in [-0.2, -0.15) is 0 Å². The maximum absolute atomic E-state index is 14.5. The molecule has 0 N–H and O–H groups in total. The van der Waals surface area contributed by atoms with Crippen molar-refractivity contribution < 1.29 is 13.6 Å². The Balaban J connectivity index is 1.23. The number of carbonyl (C=O) groups excluding carboxylic acids is 1. The van der Waals surface area contributed by atoms with Crippen LogP contribution in [0.2, 0.25) is 0 Å². The molecule has 1 saturated heterocycles. The van der Waals surface area contributed by atoms with Gasteiger partial charge in [-0.1, -0.05) is 61.5 Å². The number of benzene rings is 3. The topological polar surface area (TPSA) is 35.9 Å². The van der Waals surface area contributed by atoms with Gasteiger partial charge in [-0.25, -0.2) is 13.8 Å². The fourth-order valence-corrected chi connectivity index (χ4v) is 7.65. The number of likely N-dealkylation sites (tertiary alicyclic amines) is 1. The second-order valence-electron chi connectivity index (χ2n) is 11.7. The van der Waals surface area contributed by atoms with Gasteiger partial charge in [0.2, 0.25) is 0 Å². The molecule has 1 amide bonds. The van der Waals surface area contributed by atoms with Crippen molar-refractivity contribution in [1.29, 1.82) is 0 Å². The van der Waals surface area contributed by atoms with Crippen molar-refractivity contribution in [1.82, 2.24) is 9.80 Å². The highest BCUT2D eigenvalue weighted by Crippen LogP contribution is 2.43. The zero-order valence-corrected chi connectivity index (χ0v) is 25.5. The van der Waals surface area contributed by atoms with E-state index in [4.69, 9.17) is 4.99 Å². The number of carbonyl (C=O) groups is 1. The zero-order valence-electron chi connectivity index (χ0n) is 24.7. The molecule has 4 aromatic rings. The smallest absolute Gasteiger partial charge is 0.265 e. The molecule has 3 aromatic carbocycles. The van der Waals surface area contributed by atoms with E-state index in [9.17, 15) is 13.6 Å². The number of amides is 1. The van der Waals surface area contributed by atoms with E-state index in [1.165, 1.54) is 46.7 Å². The quantitative estimate of drug-likeness (QED) is 0.198. The number of nitrogens with zero attached hydrogens (tertiary/aromatic N) is 3. The molecule has 0 aliphatic carbocycles. The van der Waals surface area contributed by atoms with Crippen molar-refractivity contribution in [3.8, 4) is 0 Å². The van der Waals surface area contributed by atoms with Crippen LogP contribution in [0.3, 0.4) is 0 Å². The monoisotopic (exact) mass is 597 g/mol. The first-order valence-corrected chi connectivity index (χ1v) is 16.0. The summed E-state index contributed by atoms with van der Waals surface area (Å²) < 4.78 is 27.9. The fourth-order valence-electron chi connectivity index (χ4n) is 6.92. The molecule has 2 aliphatic rings. The van der Waals surface area contributed by atoms with E-state index in [2.05, 4.69) is 43.0 Å². The first-order chi connectivity index (χ1) is 20.9. The lowest BCUT2D eigenvalue weighted by molar-refractivity contribution is -0.130. The lowest BCUT2D eigenvalue weighted by atomic mass is 9.69. The third-order valence-corrected chi connectivity index (χ3v) is 10.3. The average Bonchev–Trinajstić information content (AvgIpc) is 3.66. The molecule has 7 heteroatoms. The third-order valence-electron chi connectivity index (χ3n) is 9.41. The Hall–Kier alpha value is -3.68. The number of amidine groups is 1. The molecule has 0 spiro atoms. The minimum absolute atomic E-state index is 0.197. The Labute approximate surface area is 256 Å². The molecule has 6 rings (SSSR count). The number of piperidine rings is 1. The summed E-state index contributed by atoms with van der Waals surface area (Å²) in [6.45, 7) is 7.97. The number of aryl methyl sites for hydroxylation is 1. The van der Waals surface area contributed by atoms with Gasteiger partial charge in [-0.3, -0.25) is 9.69 Å². The molecule has 4 nitrogen and oxygen atoms in total. The van der Waals surface area contributed by atoms with Crippen molar-refractivity contribution >= 4 is 23.1 Å². The standard InChI is InChI=1S/C36H37F2N3OS/c1-3-35(31-9-5-4-8-26(31)2)19-23-40(24-20-35)21-7-22-41-33(32-10-6-25-43-32)39-36(34(41)42,27-11-15-29(37)16-12-27)28-13-17-30(38)18-14-28/h4-6,8-18,25H,3,7,19-24H2,1-2H3. The summed E-state index contributed by atoms with van der Waals surface area (Å²) in [4.78, 5) is 24.8. The van der Waals surface area contributed by atoms with Crippen LogP contribution >= 0.6 is 11.3 Å². The molecule has 0 unspecified atom stereocenters. The van der Waals surface area contributed by atoms with Crippen LogP contribution in [-0.4, -0.2) is 47.7 Å². The lowest BCUT2D eigenvalue weighted by Gasteiger charge is -2.43. The highest BCUT2D eigenvalue weighted by atomic mass is 32.1. The second kappa shape index (κ2) is 12.1. The van der Waals surface area contributed by atoms with Crippen LogP contribution in [0.1, 0.15) is 59.7 Å². The number of thiophene rings is 1. The van der Waals surface area contributed by atoms with E-state index in [0.29, 0.717) is 23.5 Å². The van der Waals surface area contributed by atoms with E-state index >= 15 is 0 Å². The largest absolute Gasteiger partial charge is 0.303 e. The van der Waals surface area contributed by atoms with Gasteiger partial charge < -0.3 is 4.90 Å². The normalized spacial score (nSPS) is 18.2. The molecule has 0 atom stereocenters. The summed E-state index contributed by atoms with van der Waals surface area (Å²) >= 11 is 1.53. The summed E-state index contributed by atoms with van der Waals surface area (Å²) in [5.74, 6) is -0.369. The second-order valence-corrected chi connectivity index (χ2v) is 12.7. The van der Waals surface area contributed by atoms with Gasteiger partial charge in [-0.15, -0.1) is 11.3 Å². The maximum Gasteiger partial charge on any atom is 0.265 e. The highest BCUT2D eigenvalue weighted by Gasteiger charge is 2.51. The van der Waals surface area contributed by atoms with Crippen molar-refractivity contribution in [2.45, 2.75) is 50.5 Å². The van der Waals surface area contributed by atoms with Gasteiger partial charge in [0.1, 0.15) is 17.5 Å². The molecule has 222 valence electrons. The summed E-state index contributed by atoms with van der Waals surface area (Å²) in [6, 6.07) is 24.5. The van der Waals surface area contributed by atoms with Crippen LogP contribution in [0.5, 0.6) is 0 Å². The molecule has 0 bridgehead atoms. The lowest BCUT2D eigenvalue weighted by Crippen LogP contribution is -2.45. The minimum atomic E-state index is -1.42. The first kappa shape index (κ1) is 29.4. The average molecular weight is 598 g/mol. The Morgan fingerprint density at radius 3 is 2.02 bits per heavy atom. The Morgan fingerprint density at radius 1 is 0.837 bits per heavy atom. The van der Waals surface area contributed by atoms with Crippen molar-refractivity contribution in [3.63, 3.8) is 0 Å². The first-order valence-electron chi connectivity index (χ1n) is 15.1. The number of rotatable bonds is 9. The predicted octanol–water partition coefficient (Wildman–Crippen LogP) is 7.70. The molecule has 43 heavy (non-hydrogen) atoms. The van der Waals surface area contributed by atoms with Crippen LogP contribution in [0.15, 0.2) is 95.3 Å². The fraction of sp³-hybridized carbons (Fsp3) is 0.333. The van der Waals surface area contributed by atoms with Crippen molar-refractivity contribution in [2.24, 2.45) is 4.99 Å². The number of hydrogen-bond acceptors (Lipinski definition) is 4. The molecule has 1 aromatic heterocycles. The van der Waals surface area contributed by atoms with Crippen LogP contribution in [-0.2, 0) is 15.7 Å². The van der Waals surface area contributed by atoms with Gasteiger partial charge in [0.15, 0.2) is 5.54 Å². The summed E-state index contributed by atoms with van der Waals surface area (Å²) in [6.07, 6.45) is 4.17. The molecule has 0 saturated carbocycles. The van der Waals surface area contributed by atoms with Gasteiger partial charge in [0.25, 0.3) is 5.91 Å². The third kappa shape index (κ3) is 5.45. The van der Waals surface area contributed by atoms with Crippen molar-refractivity contribution in [2.75, 3.05) is 26.2 Å². The van der Waals surface area contributed by atoms with Crippen molar-refractivity contribution in [3.05, 3.63) is 129 Å². The number of aliphatic imine (C=N–C) groups is 1. The molecule has 0 radical (unpaired) electrons. The van der Waals surface area contributed by atoms with Gasteiger partial charge >= 0.3 is 0 Å². The van der Waals surface area contributed by atoms with Crippen LogP contribution in [0, 0.1) is 18.6 Å².